The SMILES string of the molecule is CSc1nc(Cl)cc(NCC2CCCOC2)n1. The van der Waals surface area contributed by atoms with Crippen LogP contribution in [0.25, 0.3) is 0 Å². The lowest BCUT2D eigenvalue weighted by atomic mass is 10.0. The average molecular weight is 274 g/mol. The zero-order valence-corrected chi connectivity index (χ0v) is 11.4. The highest BCUT2D eigenvalue weighted by atomic mass is 35.5. The Balaban J connectivity index is 1.91. The van der Waals surface area contributed by atoms with Crippen molar-refractivity contribution in [1.82, 2.24) is 9.97 Å². The monoisotopic (exact) mass is 273 g/mol. The van der Waals surface area contributed by atoms with Gasteiger partial charge in [-0.1, -0.05) is 23.4 Å². The van der Waals surface area contributed by atoms with Crippen LogP contribution in [0, 0.1) is 5.92 Å². The molecule has 6 heteroatoms. The minimum Gasteiger partial charge on any atom is -0.381 e. The fourth-order valence-electron chi connectivity index (χ4n) is 1.80. The second-order valence-corrected chi connectivity index (χ2v) is 5.19. The zero-order chi connectivity index (χ0) is 12.1. The highest BCUT2D eigenvalue weighted by Crippen LogP contribution is 2.19. The molecule has 1 unspecified atom stereocenters. The number of hydrogen-bond donors (Lipinski definition) is 1. The summed E-state index contributed by atoms with van der Waals surface area (Å²) in [6.07, 6.45) is 4.29. The van der Waals surface area contributed by atoms with Crippen LogP contribution < -0.4 is 5.32 Å². The lowest BCUT2D eigenvalue weighted by Gasteiger charge is -2.22. The van der Waals surface area contributed by atoms with Crippen molar-refractivity contribution < 1.29 is 4.74 Å². The van der Waals surface area contributed by atoms with Gasteiger partial charge in [0.05, 0.1) is 6.61 Å². The third kappa shape index (κ3) is 4.01. The molecule has 4 nitrogen and oxygen atoms in total. The predicted octanol–water partition coefficient (Wildman–Crippen LogP) is 2.69. The van der Waals surface area contributed by atoms with Crippen LogP contribution in [0.4, 0.5) is 5.82 Å². The van der Waals surface area contributed by atoms with E-state index in [-0.39, 0.29) is 0 Å². The molecule has 1 aromatic heterocycles. The molecule has 94 valence electrons. The molecule has 1 aromatic rings. The number of hydrogen-bond acceptors (Lipinski definition) is 5. The van der Waals surface area contributed by atoms with Crippen LogP contribution in [-0.2, 0) is 4.74 Å². The first kappa shape index (κ1) is 12.9. The molecule has 1 N–H and O–H groups in total. The topological polar surface area (TPSA) is 47.0 Å². The van der Waals surface area contributed by atoms with Gasteiger partial charge in [-0.2, -0.15) is 0 Å². The van der Waals surface area contributed by atoms with E-state index in [0.717, 1.165) is 32.0 Å². The number of aromatic nitrogens is 2. The Labute approximate surface area is 111 Å². The van der Waals surface area contributed by atoms with Crippen molar-refractivity contribution in [3.8, 4) is 0 Å². The van der Waals surface area contributed by atoms with Crippen LogP contribution in [0.5, 0.6) is 0 Å². The largest absolute Gasteiger partial charge is 0.381 e. The van der Waals surface area contributed by atoms with Gasteiger partial charge in [0, 0.05) is 19.2 Å². The van der Waals surface area contributed by atoms with E-state index in [4.69, 9.17) is 16.3 Å². The molecule has 0 spiro atoms. The number of nitrogens with zero attached hydrogens (tertiary/aromatic N) is 2. The molecule has 1 aliphatic rings. The van der Waals surface area contributed by atoms with Crippen molar-refractivity contribution in [3.05, 3.63) is 11.2 Å². The van der Waals surface area contributed by atoms with E-state index in [1.165, 1.54) is 18.2 Å². The summed E-state index contributed by atoms with van der Waals surface area (Å²) in [6.45, 7) is 2.61. The molecular weight excluding hydrogens is 258 g/mol. The summed E-state index contributed by atoms with van der Waals surface area (Å²) >= 11 is 7.41. The van der Waals surface area contributed by atoms with Crippen molar-refractivity contribution in [3.63, 3.8) is 0 Å². The van der Waals surface area contributed by atoms with Crippen LogP contribution in [0.15, 0.2) is 11.2 Å². The molecule has 2 heterocycles. The highest BCUT2D eigenvalue weighted by molar-refractivity contribution is 7.98. The van der Waals surface area contributed by atoms with Gasteiger partial charge in [0.15, 0.2) is 5.16 Å². The Hall–Kier alpha value is -0.520. The van der Waals surface area contributed by atoms with Gasteiger partial charge < -0.3 is 10.1 Å². The summed E-state index contributed by atoms with van der Waals surface area (Å²) in [7, 11) is 0. The van der Waals surface area contributed by atoms with Gasteiger partial charge in [-0.15, -0.1) is 0 Å². The van der Waals surface area contributed by atoms with E-state index in [2.05, 4.69) is 15.3 Å². The van der Waals surface area contributed by atoms with E-state index in [1.807, 2.05) is 6.26 Å². The molecule has 0 aromatic carbocycles. The van der Waals surface area contributed by atoms with Crippen LogP contribution in [0.1, 0.15) is 12.8 Å². The summed E-state index contributed by atoms with van der Waals surface area (Å²) in [5.74, 6) is 1.36. The van der Waals surface area contributed by atoms with Crippen LogP contribution in [-0.4, -0.2) is 36.0 Å². The van der Waals surface area contributed by atoms with E-state index in [9.17, 15) is 0 Å². The van der Waals surface area contributed by atoms with E-state index in [0.29, 0.717) is 16.2 Å². The molecule has 0 amide bonds. The Morgan fingerprint density at radius 1 is 1.59 bits per heavy atom. The van der Waals surface area contributed by atoms with Crippen molar-refractivity contribution in [2.45, 2.75) is 18.0 Å². The van der Waals surface area contributed by atoms with Crippen LogP contribution in [0.3, 0.4) is 0 Å². The molecule has 1 aliphatic heterocycles. The van der Waals surface area contributed by atoms with Gasteiger partial charge >= 0.3 is 0 Å². The molecule has 0 saturated carbocycles. The van der Waals surface area contributed by atoms with Crippen molar-refractivity contribution in [2.24, 2.45) is 5.92 Å². The minimum atomic E-state index is 0.478. The predicted molar refractivity (Wildman–Crippen MR) is 70.9 cm³/mol. The van der Waals surface area contributed by atoms with Crippen LogP contribution in [0.2, 0.25) is 5.15 Å². The number of rotatable bonds is 4. The number of ether oxygens (including phenoxy) is 1. The highest BCUT2D eigenvalue weighted by Gasteiger charge is 2.13. The number of nitrogens with one attached hydrogen (secondary N) is 1. The normalized spacial score (nSPS) is 20.2. The molecule has 1 atom stereocenters. The summed E-state index contributed by atoms with van der Waals surface area (Å²) in [5.41, 5.74) is 0. The van der Waals surface area contributed by atoms with Gasteiger partial charge in [-0.05, 0) is 25.0 Å². The Bertz CT molecular complexity index is 372. The van der Waals surface area contributed by atoms with E-state index < -0.39 is 0 Å². The molecule has 1 saturated heterocycles. The van der Waals surface area contributed by atoms with Crippen LogP contribution >= 0.6 is 23.4 Å². The van der Waals surface area contributed by atoms with Gasteiger partial charge in [0.1, 0.15) is 11.0 Å². The first-order valence-electron chi connectivity index (χ1n) is 5.68. The smallest absolute Gasteiger partial charge is 0.190 e. The Kier molecular flexibility index (Phi) is 4.88. The van der Waals surface area contributed by atoms with Crippen molar-refractivity contribution in [1.29, 1.82) is 0 Å². The molecular formula is C11H16ClN3OS. The maximum Gasteiger partial charge on any atom is 0.190 e. The third-order valence-electron chi connectivity index (χ3n) is 2.68. The second kappa shape index (κ2) is 6.42. The average Bonchev–Trinajstić information content (AvgIpc) is 2.37. The molecule has 0 bridgehead atoms. The van der Waals surface area contributed by atoms with E-state index >= 15 is 0 Å². The standard InChI is InChI=1S/C11H16ClN3OS/c1-17-11-14-9(12)5-10(15-11)13-6-8-3-2-4-16-7-8/h5,8H,2-4,6-7H2,1H3,(H,13,14,15). The zero-order valence-electron chi connectivity index (χ0n) is 9.78. The fraction of sp³-hybridized carbons (Fsp3) is 0.636. The fourth-order valence-corrected chi connectivity index (χ4v) is 2.41. The Morgan fingerprint density at radius 3 is 3.18 bits per heavy atom. The molecule has 0 aliphatic carbocycles. The van der Waals surface area contributed by atoms with Gasteiger partial charge in [-0.3, -0.25) is 0 Å². The number of thioether (sulfide) groups is 1. The second-order valence-electron chi connectivity index (χ2n) is 4.03. The first-order valence-corrected chi connectivity index (χ1v) is 7.28. The van der Waals surface area contributed by atoms with Gasteiger partial charge in [0.25, 0.3) is 0 Å². The number of anilines is 1. The summed E-state index contributed by atoms with van der Waals surface area (Å²) in [5, 5.41) is 4.47. The summed E-state index contributed by atoms with van der Waals surface area (Å²) in [6, 6.07) is 1.75. The van der Waals surface area contributed by atoms with Gasteiger partial charge in [-0.25, -0.2) is 9.97 Å². The van der Waals surface area contributed by atoms with Crippen molar-refractivity contribution in [2.75, 3.05) is 31.3 Å². The lowest BCUT2D eigenvalue weighted by Crippen LogP contribution is -2.24. The van der Waals surface area contributed by atoms with Crippen molar-refractivity contribution >= 4 is 29.2 Å². The van der Waals surface area contributed by atoms with E-state index in [1.54, 1.807) is 6.07 Å². The quantitative estimate of drug-likeness (QED) is 0.519. The number of halogens is 1. The van der Waals surface area contributed by atoms with Gasteiger partial charge in [0.2, 0.25) is 0 Å². The molecule has 17 heavy (non-hydrogen) atoms. The molecule has 0 radical (unpaired) electrons. The Morgan fingerprint density at radius 2 is 2.47 bits per heavy atom. The summed E-state index contributed by atoms with van der Waals surface area (Å²) < 4.78 is 5.44. The maximum atomic E-state index is 5.92. The third-order valence-corrected chi connectivity index (χ3v) is 3.42. The first-order chi connectivity index (χ1) is 8.28. The summed E-state index contributed by atoms with van der Waals surface area (Å²) in [4.78, 5) is 8.45. The molecule has 1 fully saturated rings. The molecule has 2 rings (SSSR count). The minimum absolute atomic E-state index is 0.478. The lowest BCUT2D eigenvalue weighted by molar-refractivity contribution is 0.0595. The maximum absolute atomic E-state index is 5.92.